The molecule has 82 valence electrons. The van der Waals surface area contributed by atoms with Crippen molar-refractivity contribution in [3.8, 4) is 11.5 Å². The Labute approximate surface area is 89.6 Å². The third-order valence-corrected chi connectivity index (χ3v) is 2.88. The zero-order valence-corrected chi connectivity index (χ0v) is 9.17. The monoisotopic (exact) mass is 208 g/mol. The lowest BCUT2D eigenvalue weighted by molar-refractivity contribution is 0.170. The zero-order chi connectivity index (χ0) is 10.8. The van der Waals surface area contributed by atoms with Gasteiger partial charge in [-0.15, -0.1) is 0 Å². The Balaban J connectivity index is 2.47. The van der Waals surface area contributed by atoms with E-state index in [2.05, 4.69) is 6.92 Å². The molecule has 1 heterocycles. The number of benzene rings is 1. The average molecular weight is 208 g/mol. The van der Waals surface area contributed by atoms with Gasteiger partial charge in [0, 0.05) is 6.61 Å². The van der Waals surface area contributed by atoms with Gasteiger partial charge in [0.25, 0.3) is 0 Å². The molecule has 1 aliphatic heterocycles. The molecule has 0 aromatic heterocycles. The minimum Gasteiger partial charge on any atom is -0.486 e. The second kappa shape index (κ2) is 4.11. The molecule has 0 unspecified atom stereocenters. The molecular formula is C12H16O3. The molecule has 0 spiro atoms. The summed E-state index contributed by atoms with van der Waals surface area (Å²) in [6.07, 6.45) is 0.670. The van der Waals surface area contributed by atoms with Crippen LogP contribution in [-0.4, -0.2) is 24.9 Å². The van der Waals surface area contributed by atoms with Gasteiger partial charge in [0.1, 0.15) is 13.2 Å². The van der Waals surface area contributed by atoms with Crippen molar-refractivity contribution in [3.63, 3.8) is 0 Å². The molecule has 0 bridgehead atoms. The van der Waals surface area contributed by atoms with E-state index in [1.165, 1.54) is 5.56 Å². The summed E-state index contributed by atoms with van der Waals surface area (Å²) >= 11 is 0. The quantitative estimate of drug-likeness (QED) is 0.802. The predicted molar refractivity (Wildman–Crippen MR) is 57.7 cm³/mol. The number of rotatable bonds is 2. The first-order chi connectivity index (χ1) is 7.24. The summed E-state index contributed by atoms with van der Waals surface area (Å²) < 4.78 is 11.1. The van der Waals surface area contributed by atoms with Gasteiger partial charge in [-0.3, -0.25) is 0 Å². The van der Waals surface area contributed by atoms with Crippen LogP contribution in [0.1, 0.15) is 16.7 Å². The molecule has 15 heavy (non-hydrogen) atoms. The standard InChI is InChI=1S/C12H16O3/c1-8-9(2)12-11(14-5-6-15-12)7-10(8)3-4-13/h7,13H,3-6H2,1-2H3. The maximum atomic E-state index is 8.97. The lowest BCUT2D eigenvalue weighted by Crippen LogP contribution is -2.17. The van der Waals surface area contributed by atoms with Crippen molar-refractivity contribution in [1.29, 1.82) is 0 Å². The number of hydrogen-bond acceptors (Lipinski definition) is 3. The van der Waals surface area contributed by atoms with E-state index in [0.29, 0.717) is 19.6 Å². The summed E-state index contributed by atoms with van der Waals surface area (Å²) in [5.74, 6) is 1.67. The molecule has 0 saturated heterocycles. The lowest BCUT2D eigenvalue weighted by Gasteiger charge is -2.23. The van der Waals surface area contributed by atoms with Gasteiger partial charge < -0.3 is 14.6 Å². The summed E-state index contributed by atoms with van der Waals surface area (Å²) in [4.78, 5) is 0. The van der Waals surface area contributed by atoms with Crippen LogP contribution in [0.4, 0.5) is 0 Å². The summed E-state index contributed by atoms with van der Waals surface area (Å²) in [6.45, 7) is 5.48. The molecule has 1 N–H and O–H groups in total. The van der Waals surface area contributed by atoms with E-state index in [-0.39, 0.29) is 6.61 Å². The molecule has 3 nitrogen and oxygen atoms in total. The highest BCUT2D eigenvalue weighted by atomic mass is 16.6. The van der Waals surface area contributed by atoms with E-state index >= 15 is 0 Å². The van der Waals surface area contributed by atoms with E-state index < -0.39 is 0 Å². The predicted octanol–water partition coefficient (Wildman–Crippen LogP) is 1.61. The van der Waals surface area contributed by atoms with Crippen LogP contribution in [0.3, 0.4) is 0 Å². The first-order valence-electron chi connectivity index (χ1n) is 5.23. The van der Waals surface area contributed by atoms with Crippen LogP contribution < -0.4 is 9.47 Å². The summed E-state index contributed by atoms with van der Waals surface area (Å²) in [5.41, 5.74) is 3.45. The van der Waals surface area contributed by atoms with Gasteiger partial charge in [-0.05, 0) is 43.0 Å². The fourth-order valence-corrected chi connectivity index (χ4v) is 1.89. The third kappa shape index (κ3) is 1.79. The topological polar surface area (TPSA) is 38.7 Å². The molecule has 0 amide bonds. The van der Waals surface area contributed by atoms with Crippen LogP contribution in [0.5, 0.6) is 11.5 Å². The van der Waals surface area contributed by atoms with Crippen LogP contribution in [0.15, 0.2) is 6.07 Å². The van der Waals surface area contributed by atoms with Gasteiger partial charge in [-0.2, -0.15) is 0 Å². The molecular weight excluding hydrogens is 192 g/mol. The van der Waals surface area contributed by atoms with Crippen LogP contribution in [0, 0.1) is 13.8 Å². The first kappa shape index (κ1) is 10.3. The number of aliphatic hydroxyl groups excluding tert-OH is 1. The van der Waals surface area contributed by atoms with Crippen molar-refractivity contribution in [2.24, 2.45) is 0 Å². The first-order valence-corrected chi connectivity index (χ1v) is 5.23. The van der Waals surface area contributed by atoms with Gasteiger partial charge >= 0.3 is 0 Å². The maximum Gasteiger partial charge on any atom is 0.164 e. The second-order valence-corrected chi connectivity index (χ2v) is 3.78. The fourth-order valence-electron chi connectivity index (χ4n) is 1.89. The van der Waals surface area contributed by atoms with Crippen LogP contribution >= 0.6 is 0 Å². The third-order valence-electron chi connectivity index (χ3n) is 2.88. The van der Waals surface area contributed by atoms with Crippen molar-refractivity contribution in [1.82, 2.24) is 0 Å². The highest BCUT2D eigenvalue weighted by molar-refractivity contribution is 5.54. The van der Waals surface area contributed by atoms with Crippen molar-refractivity contribution < 1.29 is 14.6 Å². The molecule has 0 fully saturated rings. The van der Waals surface area contributed by atoms with Crippen LogP contribution in [0.25, 0.3) is 0 Å². The van der Waals surface area contributed by atoms with E-state index in [9.17, 15) is 0 Å². The Hall–Kier alpha value is -1.22. The molecule has 3 heteroatoms. The van der Waals surface area contributed by atoms with Crippen LogP contribution in [0.2, 0.25) is 0 Å². The number of fused-ring (bicyclic) bond motifs is 1. The average Bonchev–Trinajstić information content (AvgIpc) is 2.26. The molecule has 1 aromatic rings. The summed E-state index contributed by atoms with van der Waals surface area (Å²) in [7, 11) is 0. The number of hydrogen-bond donors (Lipinski definition) is 1. The zero-order valence-electron chi connectivity index (χ0n) is 9.17. The largest absolute Gasteiger partial charge is 0.486 e. The minimum absolute atomic E-state index is 0.167. The Kier molecular flexibility index (Phi) is 2.82. The Bertz CT molecular complexity index is 372. The normalized spacial score (nSPS) is 14.1. The van der Waals surface area contributed by atoms with Crippen LogP contribution in [-0.2, 0) is 6.42 Å². The molecule has 0 radical (unpaired) electrons. The number of aliphatic hydroxyl groups is 1. The Morgan fingerprint density at radius 3 is 2.67 bits per heavy atom. The smallest absolute Gasteiger partial charge is 0.164 e. The summed E-state index contributed by atoms with van der Waals surface area (Å²) in [6, 6.07) is 1.98. The molecule has 0 saturated carbocycles. The lowest BCUT2D eigenvalue weighted by atomic mass is 9.99. The molecule has 0 aliphatic carbocycles. The molecule has 0 atom stereocenters. The van der Waals surface area contributed by atoms with Crippen molar-refractivity contribution >= 4 is 0 Å². The van der Waals surface area contributed by atoms with E-state index in [1.807, 2.05) is 13.0 Å². The highest BCUT2D eigenvalue weighted by Crippen LogP contribution is 2.37. The van der Waals surface area contributed by atoms with Gasteiger partial charge in [-0.1, -0.05) is 0 Å². The van der Waals surface area contributed by atoms with E-state index in [0.717, 1.165) is 22.6 Å². The second-order valence-electron chi connectivity index (χ2n) is 3.78. The Morgan fingerprint density at radius 1 is 1.20 bits per heavy atom. The highest BCUT2D eigenvalue weighted by Gasteiger charge is 2.17. The van der Waals surface area contributed by atoms with Gasteiger partial charge in [0.2, 0.25) is 0 Å². The van der Waals surface area contributed by atoms with E-state index in [1.54, 1.807) is 0 Å². The maximum absolute atomic E-state index is 8.97. The molecule has 1 aromatic carbocycles. The number of ether oxygens (including phenoxy) is 2. The van der Waals surface area contributed by atoms with Crippen molar-refractivity contribution in [2.75, 3.05) is 19.8 Å². The SMILES string of the molecule is Cc1c(CCO)cc2c(c1C)OCCO2. The fraction of sp³-hybridized carbons (Fsp3) is 0.500. The van der Waals surface area contributed by atoms with Gasteiger partial charge in [0.15, 0.2) is 11.5 Å². The Morgan fingerprint density at radius 2 is 1.93 bits per heavy atom. The van der Waals surface area contributed by atoms with Gasteiger partial charge in [0.05, 0.1) is 0 Å². The summed E-state index contributed by atoms with van der Waals surface area (Å²) in [5, 5.41) is 8.97. The molecule has 2 rings (SSSR count). The van der Waals surface area contributed by atoms with Crippen molar-refractivity contribution in [3.05, 3.63) is 22.8 Å². The van der Waals surface area contributed by atoms with Crippen molar-refractivity contribution in [2.45, 2.75) is 20.3 Å². The minimum atomic E-state index is 0.167. The molecule has 1 aliphatic rings. The van der Waals surface area contributed by atoms with Gasteiger partial charge in [-0.25, -0.2) is 0 Å². The van der Waals surface area contributed by atoms with E-state index in [4.69, 9.17) is 14.6 Å².